The number of benzene rings is 2. The Morgan fingerprint density at radius 1 is 1.19 bits per heavy atom. The molecule has 142 valence electrons. The number of rotatable bonds is 7. The molecule has 0 bridgehead atoms. The molecule has 5 heteroatoms. The van der Waals surface area contributed by atoms with Crippen molar-refractivity contribution in [2.24, 2.45) is 0 Å². The van der Waals surface area contributed by atoms with Crippen LogP contribution in [0.5, 0.6) is 5.75 Å². The van der Waals surface area contributed by atoms with Crippen LogP contribution in [0.25, 0.3) is 0 Å². The standard InChI is InChI=1S/C22H26N2O3/c1-16-5-3-4-6-18(16)13-21(25)23-19-14-22(26)24(15-19)12-11-17-7-9-20(27-2)10-8-17/h3-10,19H,11-15H2,1-2H3,(H,23,25). The van der Waals surface area contributed by atoms with Gasteiger partial charge in [-0.1, -0.05) is 36.4 Å². The van der Waals surface area contributed by atoms with E-state index in [0.717, 1.165) is 28.9 Å². The number of ether oxygens (including phenoxy) is 1. The van der Waals surface area contributed by atoms with Gasteiger partial charge in [-0.3, -0.25) is 9.59 Å². The Balaban J connectivity index is 1.48. The van der Waals surface area contributed by atoms with Gasteiger partial charge in [0.1, 0.15) is 5.75 Å². The topological polar surface area (TPSA) is 58.6 Å². The zero-order chi connectivity index (χ0) is 19.2. The number of carbonyl (C=O) groups is 2. The lowest BCUT2D eigenvalue weighted by Crippen LogP contribution is -2.38. The summed E-state index contributed by atoms with van der Waals surface area (Å²) in [5, 5.41) is 3.01. The molecule has 1 N–H and O–H groups in total. The molecular formula is C22H26N2O3. The van der Waals surface area contributed by atoms with Crippen molar-refractivity contribution in [3.05, 3.63) is 65.2 Å². The number of hydrogen-bond acceptors (Lipinski definition) is 3. The third-order valence-electron chi connectivity index (χ3n) is 5.02. The fourth-order valence-electron chi connectivity index (χ4n) is 3.40. The van der Waals surface area contributed by atoms with Crippen LogP contribution in [0.2, 0.25) is 0 Å². The maximum absolute atomic E-state index is 12.3. The van der Waals surface area contributed by atoms with Crippen LogP contribution in [0, 0.1) is 6.92 Å². The second-order valence-electron chi connectivity index (χ2n) is 7.01. The summed E-state index contributed by atoms with van der Waals surface area (Å²) in [5.74, 6) is 0.899. The molecule has 2 aromatic rings. The highest BCUT2D eigenvalue weighted by Crippen LogP contribution is 2.15. The van der Waals surface area contributed by atoms with Crippen molar-refractivity contribution in [1.29, 1.82) is 0 Å². The zero-order valence-electron chi connectivity index (χ0n) is 15.9. The fourth-order valence-corrected chi connectivity index (χ4v) is 3.40. The SMILES string of the molecule is COc1ccc(CCN2CC(NC(=O)Cc3ccccc3C)CC2=O)cc1. The van der Waals surface area contributed by atoms with Gasteiger partial charge in [0.25, 0.3) is 0 Å². The monoisotopic (exact) mass is 366 g/mol. The van der Waals surface area contributed by atoms with E-state index >= 15 is 0 Å². The number of methoxy groups -OCH3 is 1. The molecule has 5 nitrogen and oxygen atoms in total. The number of amides is 2. The predicted molar refractivity (Wildman–Crippen MR) is 105 cm³/mol. The Bertz CT molecular complexity index is 801. The molecule has 0 aliphatic carbocycles. The Hall–Kier alpha value is -2.82. The smallest absolute Gasteiger partial charge is 0.224 e. The molecule has 1 aliphatic heterocycles. The average molecular weight is 366 g/mol. The maximum atomic E-state index is 12.3. The number of aryl methyl sites for hydroxylation is 1. The van der Waals surface area contributed by atoms with Gasteiger partial charge in [-0.05, 0) is 42.2 Å². The number of hydrogen-bond donors (Lipinski definition) is 1. The van der Waals surface area contributed by atoms with Gasteiger partial charge >= 0.3 is 0 Å². The molecule has 0 aromatic heterocycles. The molecule has 0 saturated carbocycles. The van der Waals surface area contributed by atoms with Crippen LogP contribution < -0.4 is 10.1 Å². The minimum absolute atomic E-state index is 0.0286. The normalized spacial score (nSPS) is 16.4. The summed E-state index contributed by atoms with van der Waals surface area (Å²) in [6.07, 6.45) is 1.52. The summed E-state index contributed by atoms with van der Waals surface area (Å²) >= 11 is 0. The van der Waals surface area contributed by atoms with Crippen molar-refractivity contribution in [3.63, 3.8) is 0 Å². The van der Waals surface area contributed by atoms with E-state index in [1.165, 1.54) is 0 Å². The lowest BCUT2D eigenvalue weighted by atomic mass is 10.1. The van der Waals surface area contributed by atoms with Crippen molar-refractivity contribution in [3.8, 4) is 5.75 Å². The molecule has 1 heterocycles. The predicted octanol–water partition coefficient (Wildman–Crippen LogP) is 2.51. The zero-order valence-corrected chi connectivity index (χ0v) is 15.9. The van der Waals surface area contributed by atoms with Crippen molar-refractivity contribution in [1.82, 2.24) is 10.2 Å². The Kier molecular flexibility index (Phi) is 6.12. The third-order valence-corrected chi connectivity index (χ3v) is 5.02. The van der Waals surface area contributed by atoms with Gasteiger partial charge in [-0.25, -0.2) is 0 Å². The first-order valence-corrected chi connectivity index (χ1v) is 9.29. The van der Waals surface area contributed by atoms with Crippen LogP contribution in [0.15, 0.2) is 48.5 Å². The Morgan fingerprint density at radius 3 is 2.63 bits per heavy atom. The summed E-state index contributed by atoms with van der Waals surface area (Å²) < 4.78 is 5.16. The highest BCUT2D eigenvalue weighted by Gasteiger charge is 2.30. The van der Waals surface area contributed by atoms with Crippen molar-refractivity contribution >= 4 is 11.8 Å². The lowest BCUT2D eigenvalue weighted by molar-refractivity contribution is -0.127. The molecule has 2 amide bonds. The van der Waals surface area contributed by atoms with Crippen LogP contribution in [0.1, 0.15) is 23.1 Å². The van der Waals surface area contributed by atoms with E-state index in [2.05, 4.69) is 5.32 Å². The van der Waals surface area contributed by atoms with E-state index < -0.39 is 0 Å². The molecule has 1 aliphatic rings. The summed E-state index contributed by atoms with van der Waals surface area (Å²) in [5.41, 5.74) is 3.29. The quantitative estimate of drug-likeness (QED) is 0.819. The van der Waals surface area contributed by atoms with Crippen LogP contribution >= 0.6 is 0 Å². The summed E-state index contributed by atoms with van der Waals surface area (Å²) in [6, 6.07) is 15.7. The van der Waals surface area contributed by atoms with Gasteiger partial charge < -0.3 is 15.0 Å². The van der Waals surface area contributed by atoms with Gasteiger partial charge in [-0.2, -0.15) is 0 Å². The Morgan fingerprint density at radius 2 is 1.93 bits per heavy atom. The molecular weight excluding hydrogens is 340 g/mol. The first-order chi connectivity index (χ1) is 13.0. The van der Waals surface area contributed by atoms with E-state index in [1.54, 1.807) is 7.11 Å². The Labute approximate surface area is 160 Å². The number of likely N-dealkylation sites (tertiary alicyclic amines) is 1. The summed E-state index contributed by atoms with van der Waals surface area (Å²) in [6.45, 7) is 3.24. The van der Waals surface area contributed by atoms with Gasteiger partial charge in [0.15, 0.2) is 0 Å². The van der Waals surface area contributed by atoms with E-state index in [9.17, 15) is 9.59 Å². The van der Waals surface area contributed by atoms with Crippen molar-refractivity contribution in [2.45, 2.75) is 32.2 Å². The number of nitrogens with one attached hydrogen (secondary N) is 1. The minimum Gasteiger partial charge on any atom is -0.497 e. The molecule has 1 saturated heterocycles. The molecule has 1 fully saturated rings. The lowest BCUT2D eigenvalue weighted by Gasteiger charge is -2.17. The molecule has 1 unspecified atom stereocenters. The first-order valence-electron chi connectivity index (χ1n) is 9.29. The molecule has 0 radical (unpaired) electrons. The van der Waals surface area contributed by atoms with E-state index in [-0.39, 0.29) is 17.9 Å². The summed E-state index contributed by atoms with van der Waals surface area (Å²) in [4.78, 5) is 26.4. The second kappa shape index (κ2) is 8.71. The minimum atomic E-state index is -0.107. The maximum Gasteiger partial charge on any atom is 0.224 e. The number of nitrogens with zero attached hydrogens (tertiary/aromatic N) is 1. The van der Waals surface area contributed by atoms with Crippen LogP contribution in [-0.2, 0) is 22.4 Å². The molecule has 0 spiro atoms. The first kappa shape index (κ1) is 19.0. The van der Waals surface area contributed by atoms with E-state index in [0.29, 0.717) is 25.9 Å². The van der Waals surface area contributed by atoms with Crippen molar-refractivity contribution in [2.75, 3.05) is 20.2 Å². The highest BCUT2D eigenvalue weighted by molar-refractivity contribution is 5.83. The molecule has 1 atom stereocenters. The largest absolute Gasteiger partial charge is 0.497 e. The highest BCUT2D eigenvalue weighted by atomic mass is 16.5. The third kappa shape index (κ3) is 5.09. The molecule has 3 rings (SSSR count). The van der Waals surface area contributed by atoms with E-state index in [1.807, 2.05) is 60.4 Å². The number of carbonyl (C=O) groups excluding carboxylic acids is 2. The average Bonchev–Trinajstić information content (AvgIpc) is 3.01. The van der Waals surface area contributed by atoms with Crippen LogP contribution in [-0.4, -0.2) is 43.0 Å². The van der Waals surface area contributed by atoms with Gasteiger partial charge in [0.05, 0.1) is 19.6 Å². The fraction of sp³-hybridized carbons (Fsp3) is 0.364. The second-order valence-corrected chi connectivity index (χ2v) is 7.01. The molecule has 2 aromatic carbocycles. The van der Waals surface area contributed by atoms with Crippen LogP contribution in [0.3, 0.4) is 0 Å². The summed E-state index contributed by atoms with van der Waals surface area (Å²) in [7, 11) is 1.64. The van der Waals surface area contributed by atoms with Crippen molar-refractivity contribution < 1.29 is 14.3 Å². The van der Waals surface area contributed by atoms with Gasteiger partial charge in [-0.15, -0.1) is 0 Å². The van der Waals surface area contributed by atoms with Gasteiger partial charge in [0.2, 0.25) is 11.8 Å². The van der Waals surface area contributed by atoms with E-state index in [4.69, 9.17) is 4.74 Å². The van der Waals surface area contributed by atoms with Gasteiger partial charge in [0, 0.05) is 19.5 Å². The van der Waals surface area contributed by atoms with Crippen LogP contribution in [0.4, 0.5) is 0 Å². The molecule has 27 heavy (non-hydrogen) atoms.